The molecule has 0 bridgehead atoms. The lowest BCUT2D eigenvalue weighted by Gasteiger charge is -2.32. The molecule has 4 rings (SSSR count). The maximum Gasteiger partial charge on any atom is 0.255 e. The lowest BCUT2D eigenvalue weighted by Crippen LogP contribution is -2.56. The first kappa shape index (κ1) is 18.6. The standard InChI is InChI=1S/C22H27N5O/c1-21(2,3)26-20-22(24-14-16-7-4-5-9-18(16)25-20)10-12-27(15-22)19(28)17-8-6-11-23-13-17/h4-9,11,13,24H,10,12,14-15H2,1-3H3,(H,25,26). The predicted molar refractivity (Wildman–Crippen MR) is 112 cm³/mol. The number of rotatable bonds is 1. The lowest BCUT2D eigenvalue weighted by molar-refractivity contribution is 0.0785. The van der Waals surface area contributed by atoms with Crippen LogP contribution >= 0.6 is 0 Å². The topological polar surface area (TPSA) is 69.6 Å². The van der Waals surface area contributed by atoms with E-state index in [-0.39, 0.29) is 17.0 Å². The van der Waals surface area contributed by atoms with E-state index in [0.717, 1.165) is 24.5 Å². The summed E-state index contributed by atoms with van der Waals surface area (Å²) in [5.41, 5.74) is 2.30. The van der Waals surface area contributed by atoms with Gasteiger partial charge in [-0.1, -0.05) is 18.2 Å². The average Bonchev–Trinajstić information content (AvgIpc) is 3.05. The van der Waals surface area contributed by atoms with E-state index in [0.29, 0.717) is 18.7 Å². The number of hydrogen-bond donors (Lipinski definition) is 2. The minimum Gasteiger partial charge on any atom is -0.342 e. The SMILES string of the molecule is CC(C)(C)N=C1Nc2ccccc2CNC12CCN(C(=O)c1cccnc1)C2. The molecule has 1 aromatic carbocycles. The second-order valence-electron chi connectivity index (χ2n) is 8.57. The van der Waals surface area contributed by atoms with Gasteiger partial charge in [-0.25, -0.2) is 0 Å². The minimum absolute atomic E-state index is 0.0173. The first-order valence-corrected chi connectivity index (χ1v) is 9.76. The Morgan fingerprint density at radius 3 is 2.79 bits per heavy atom. The fraction of sp³-hybridized carbons (Fsp3) is 0.409. The molecule has 3 heterocycles. The quantitative estimate of drug-likeness (QED) is 0.801. The Bertz CT molecular complexity index is 903. The van der Waals surface area contributed by atoms with Crippen LogP contribution in [0.1, 0.15) is 43.1 Å². The summed E-state index contributed by atoms with van der Waals surface area (Å²) < 4.78 is 0. The Hall–Kier alpha value is -2.73. The van der Waals surface area contributed by atoms with Crippen molar-refractivity contribution < 1.29 is 4.79 Å². The van der Waals surface area contributed by atoms with Gasteiger partial charge in [0.1, 0.15) is 5.84 Å². The van der Waals surface area contributed by atoms with E-state index in [2.05, 4.69) is 48.5 Å². The second-order valence-corrected chi connectivity index (χ2v) is 8.57. The molecule has 0 saturated carbocycles. The van der Waals surface area contributed by atoms with E-state index in [4.69, 9.17) is 4.99 Å². The van der Waals surface area contributed by atoms with E-state index >= 15 is 0 Å². The molecule has 2 aliphatic heterocycles. The number of amides is 1. The third-order valence-electron chi connectivity index (χ3n) is 5.25. The number of nitrogens with one attached hydrogen (secondary N) is 2. The number of carbonyl (C=O) groups excluding carboxylic acids is 1. The van der Waals surface area contributed by atoms with Gasteiger partial charge in [0.2, 0.25) is 0 Å². The number of benzene rings is 1. The average molecular weight is 377 g/mol. The molecule has 2 N–H and O–H groups in total. The molecular weight excluding hydrogens is 350 g/mol. The number of anilines is 1. The number of pyridine rings is 1. The highest BCUT2D eigenvalue weighted by atomic mass is 16.2. The Balaban J connectivity index is 1.67. The summed E-state index contributed by atoms with van der Waals surface area (Å²) in [6, 6.07) is 11.9. The van der Waals surface area contributed by atoms with Crippen molar-refractivity contribution in [3.63, 3.8) is 0 Å². The number of nitrogens with zero attached hydrogens (tertiary/aromatic N) is 3. The molecule has 2 aliphatic rings. The Morgan fingerprint density at radius 1 is 1.21 bits per heavy atom. The number of aromatic nitrogens is 1. The fourth-order valence-electron chi connectivity index (χ4n) is 3.85. The first-order valence-electron chi connectivity index (χ1n) is 9.76. The molecular formula is C22H27N5O. The zero-order valence-electron chi connectivity index (χ0n) is 16.7. The van der Waals surface area contributed by atoms with Crippen LogP contribution in [0, 0.1) is 0 Å². The summed E-state index contributed by atoms with van der Waals surface area (Å²) in [6.07, 6.45) is 4.13. The van der Waals surface area contributed by atoms with E-state index in [1.54, 1.807) is 18.5 Å². The van der Waals surface area contributed by atoms with Crippen molar-refractivity contribution in [3.05, 3.63) is 59.9 Å². The summed E-state index contributed by atoms with van der Waals surface area (Å²) in [5, 5.41) is 7.30. The summed E-state index contributed by atoms with van der Waals surface area (Å²) in [7, 11) is 0. The van der Waals surface area contributed by atoms with Gasteiger partial charge in [-0.05, 0) is 51.0 Å². The number of fused-ring (bicyclic) bond motifs is 1. The molecule has 6 nitrogen and oxygen atoms in total. The summed E-state index contributed by atoms with van der Waals surface area (Å²) in [5.74, 6) is 0.926. The molecule has 1 saturated heterocycles. The summed E-state index contributed by atoms with van der Waals surface area (Å²) >= 11 is 0. The monoisotopic (exact) mass is 377 g/mol. The van der Waals surface area contributed by atoms with Gasteiger partial charge in [0.15, 0.2) is 0 Å². The smallest absolute Gasteiger partial charge is 0.255 e. The van der Waals surface area contributed by atoms with Crippen LogP contribution in [0.3, 0.4) is 0 Å². The van der Waals surface area contributed by atoms with E-state index in [1.165, 1.54) is 5.56 Å². The molecule has 0 aliphatic carbocycles. The number of hydrogen-bond acceptors (Lipinski definition) is 4. The van der Waals surface area contributed by atoms with Crippen molar-refractivity contribution in [2.75, 3.05) is 18.4 Å². The minimum atomic E-state index is -0.385. The van der Waals surface area contributed by atoms with Gasteiger partial charge >= 0.3 is 0 Å². The maximum absolute atomic E-state index is 13.0. The van der Waals surface area contributed by atoms with Gasteiger partial charge in [-0.3, -0.25) is 20.1 Å². The van der Waals surface area contributed by atoms with Crippen molar-refractivity contribution in [1.82, 2.24) is 15.2 Å². The Labute approximate surface area is 166 Å². The molecule has 28 heavy (non-hydrogen) atoms. The number of aliphatic imine (C=N–C) groups is 1. The van der Waals surface area contributed by atoms with Gasteiger partial charge < -0.3 is 10.2 Å². The van der Waals surface area contributed by atoms with Gasteiger partial charge in [0.05, 0.1) is 16.6 Å². The molecule has 1 unspecified atom stereocenters. The van der Waals surface area contributed by atoms with Crippen molar-refractivity contribution >= 4 is 17.4 Å². The van der Waals surface area contributed by atoms with E-state index < -0.39 is 0 Å². The van der Waals surface area contributed by atoms with Crippen LogP contribution in [0.4, 0.5) is 5.69 Å². The second kappa shape index (κ2) is 7.02. The molecule has 146 valence electrons. The molecule has 1 atom stereocenters. The number of carbonyl (C=O) groups is 1. The molecule has 2 aromatic rings. The van der Waals surface area contributed by atoms with Gasteiger partial charge in [-0.15, -0.1) is 0 Å². The number of amidine groups is 1. The van der Waals surface area contributed by atoms with Gasteiger partial charge in [-0.2, -0.15) is 0 Å². The number of para-hydroxylation sites is 1. The van der Waals surface area contributed by atoms with Crippen molar-refractivity contribution in [3.8, 4) is 0 Å². The van der Waals surface area contributed by atoms with Crippen LogP contribution in [0.15, 0.2) is 53.8 Å². The molecule has 1 spiro atoms. The van der Waals surface area contributed by atoms with Crippen molar-refractivity contribution in [1.29, 1.82) is 0 Å². The fourth-order valence-corrected chi connectivity index (χ4v) is 3.85. The molecule has 6 heteroatoms. The van der Waals surface area contributed by atoms with Gasteiger partial charge in [0, 0.05) is 37.7 Å². The maximum atomic E-state index is 13.0. The molecule has 1 aromatic heterocycles. The van der Waals surface area contributed by atoms with Gasteiger partial charge in [0.25, 0.3) is 5.91 Å². The normalized spacial score (nSPS) is 23.4. The van der Waals surface area contributed by atoms with Crippen molar-refractivity contribution in [2.24, 2.45) is 4.99 Å². The zero-order chi connectivity index (χ0) is 19.8. The molecule has 1 amide bonds. The van der Waals surface area contributed by atoms with E-state index in [9.17, 15) is 4.79 Å². The highest BCUT2D eigenvalue weighted by molar-refractivity contribution is 6.05. The summed E-state index contributed by atoms with van der Waals surface area (Å²) in [6.45, 7) is 8.29. The number of likely N-dealkylation sites (tertiary alicyclic amines) is 1. The van der Waals surface area contributed by atoms with Crippen LogP contribution in [-0.2, 0) is 6.54 Å². The first-order chi connectivity index (χ1) is 13.4. The third-order valence-corrected chi connectivity index (χ3v) is 5.25. The predicted octanol–water partition coefficient (Wildman–Crippen LogP) is 3.08. The lowest BCUT2D eigenvalue weighted by atomic mass is 9.95. The molecule has 0 radical (unpaired) electrons. The highest BCUT2D eigenvalue weighted by Gasteiger charge is 2.46. The highest BCUT2D eigenvalue weighted by Crippen LogP contribution is 2.31. The summed E-state index contributed by atoms with van der Waals surface area (Å²) in [4.78, 5) is 24.0. The van der Waals surface area contributed by atoms with Crippen LogP contribution in [-0.4, -0.2) is 45.8 Å². The van der Waals surface area contributed by atoms with Crippen LogP contribution in [0.2, 0.25) is 0 Å². The van der Waals surface area contributed by atoms with E-state index in [1.807, 2.05) is 23.1 Å². The zero-order valence-corrected chi connectivity index (χ0v) is 16.7. The Morgan fingerprint density at radius 2 is 2.04 bits per heavy atom. The van der Waals surface area contributed by atoms with Crippen LogP contribution < -0.4 is 10.6 Å². The van der Waals surface area contributed by atoms with Crippen LogP contribution in [0.5, 0.6) is 0 Å². The molecule has 1 fully saturated rings. The van der Waals surface area contributed by atoms with Crippen LogP contribution in [0.25, 0.3) is 0 Å². The Kier molecular flexibility index (Phi) is 4.67. The van der Waals surface area contributed by atoms with Crippen molar-refractivity contribution in [2.45, 2.75) is 44.8 Å². The largest absolute Gasteiger partial charge is 0.342 e. The third kappa shape index (κ3) is 3.64.